The Labute approximate surface area is 177 Å². The highest BCUT2D eigenvalue weighted by Gasteiger charge is 2.22. The SMILES string of the molecule is COc1ccc(-c2nc(SC)[nH]c(=O)c2C#N)cc1COc1c(F)c(F)cc(F)c1F. The van der Waals surface area contributed by atoms with Crippen LogP contribution in [0.2, 0.25) is 0 Å². The summed E-state index contributed by atoms with van der Waals surface area (Å²) >= 11 is 1.16. The lowest BCUT2D eigenvalue weighted by Gasteiger charge is -2.14. The third-order valence-electron chi connectivity index (χ3n) is 4.20. The van der Waals surface area contributed by atoms with Gasteiger partial charge in [-0.3, -0.25) is 4.79 Å². The maximum Gasteiger partial charge on any atom is 0.270 e. The molecule has 2 aromatic carbocycles. The molecular weight excluding hydrogens is 438 g/mol. The molecule has 0 spiro atoms. The van der Waals surface area contributed by atoms with Crippen LogP contribution in [0.25, 0.3) is 11.3 Å². The van der Waals surface area contributed by atoms with Gasteiger partial charge in [0.25, 0.3) is 5.56 Å². The molecule has 0 amide bonds. The zero-order valence-electron chi connectivity index (χ0n) is 16.1. The lowest BCUT2D eigenvalue weighted by Crippen LogP contribution is -2.14. The van der Waals surface area contributed by atoms with Crippen molar-refractivity contribution >= 4 is 11.8 Å². The highest BCUT2D eigenvalue weighted by atomic mass is 32.2. The summed E-state index contributed by atoms with van der Waals surface area (Å²) in [5, 5.41) is 9.61. The summed E-state index contributed by atoms with van der Waals surface area (Å²) in [4.78, 5) is 18.9. The number of ether oxygens (including phenoxy) is 2. The molecule has 0 atom stereocenters. The summed E-state index contributed by atoms with van der Waals surface area (Å²) in [6.07, 6.45) is 1.68. The van der Waals surface area contributed by atoms with Crippen LogP contribution in [-0.2, 0) is 6.61 Å². The number of aromatic amines is 1. The minimum absolute atomic E-state index is 0.0735. The number of benzene rings is 2. The lowest BCUT2D eigenvalue weighted by atomic mass is 10.0. The molecule has 0 aliphatic carbocycles. The zero-order chi connectivity index (χ0) is 22.7. The summed E-state index contributed by atoms with van der Waals surface area (Å²) in [5.74, 6) is -7.56. The van der Waals surface area contributed by atoms with Crippen molar-refractivity contribution < 1.29 is 27.0 Å². The third kappa shape index (κ3) is 4.34. The van der Waals surface area contributed by atoms with Crippen molar-refractivity contribution in [2.45, 2.75) is 11.8 Å². The largest absolute Gasteiger partial charge is 0.496 e. The van der Waals surface area contributed by atoms with E-state index in [0.29, 0.717) is 5.56 Å². The van der Waals surface area contributed by atoms with Crippen LogP contribution in [0.15, 0.2) is 34.2 Å². The van der Waals surface area contributed by atoms with Crippen molar-refractivity contribution in [2.75, 3.05) is 13.4 Å². The van der Waals surface area contributed by atoms with Gasteiger partial charge in [0, 0.05) is 17.2 Å². The summed E-state index contributed by atoms with van der Waals surface area (Å²) in [6, 6.07) is 6.28. The molecule has 0 fully saturated rings. The van der Waals surface area contributed by atoms with Gasteiger partial charge in [0.2, 0.25) is 11.6 Å². The topological polar surface area (TPSA) is 88.0 Å². The highest BCUT2D eigenvalue weighted by Crippen LogP contribution is 2.31. The molecule has 160 valence electrons. The van der Waals surface area contributed by atoms with Crippen molar-refractivity contribution in [3.8, 4) is 28.8 Å². The van der Waals surface area contributed by atoms with Gasteiger partial charge in [-0.05, 0) is 24.5 Å². The van der Waals surface area contributed by atoms with Crippen LogP contribution in [0.1, 0.15) is 11.1 Å². The fraction of sp³-hybridized carbons (Fsp3) is 0.150. The summed E-state index contributed by atoms with van der Waals surface area (Å²) in [7, 11) is 1.33. The number of nitriles is 1. The second kappa shape index (κ2) is 9.09. The maximum atomic E-state index is 13.9. The molecule has 0 saturated heterocycles. The van der Waals surface area contributed by atoms with Crippen molar-refractivity contribution in [3.63, 3.8) is 0 Å². The van der Waals surface area contributed by atoms with Crippen molar-refractivity contribution in [2.24, 2.45) is 0 Å². The average molecular weight is 451 g/mol. The number of H-pyrrole nitrogens is 1. The molecule has 0 radical (unpaired) electrons. The molecule has 11 heteroatoms. The fourth-order valence-electron chi connectivity index (χ4n) is 2.73. The predicted octanol–water partition coefficient (Wildman–Crippen LogP) is 4.17. The number of aromatic nitrogens is 2. The first-order valence-electron chi connectivity index (χ1n) is 8.52. The van der Waals surface area contributed by atoms with E-state index in [9.17, 15) is 27.6 Å². The maximum absolute atomic E-state index is 13.9. The summed E-state index contributed by atoms with van der Waals surface area (Å²) in [6.45, 7) is -0.534. The first kappa shape index (κ1) is 22.2. The number of thioether (sulfide) groups is 1. The molecule has 6 nitrogen and oxygen atoms in total. The van der Waals surface area contributed by atoms with Crippen LogP contribution in [0, 0.1) is 34.6 Å². The van der Waals surface area contributed by atoms with Crippen molar-refractivity contribution in [1.29, 1.82) is 5.26 Å². The number of hydrogen-bond acceptors (Lipinski definition) is 6. The monoisotopic (exact) mass is 451 g/mol. The lowest BCUT2D eigenvalue weighted by molar-refractivity contribution is 0.257. The van der Waals surface area contributed by atoms with E-state index in [-0.39, 0.29) is 33.8 Å². The summed E-state index contributed by atoms with van der Waals surface area (Å²) < 4.78 is 64.8. The van der Waals surface area contributed by atoms with Crippen LogP contribution < -0.4 is 15.0 Å². The van der Waals surface area contributed by atoms with Gasteiger partial charge in [-0.2, -0.15) is 14.0 Å². The quantitative estimate of drug-likeness (QED) is 0.262. The van der Waals surface area contributed by atoms with Crippen LogP contribution in [0.5, 0.6) is 11.5 Å². The zero-order valence-corrected chi connectivity index (χ0v) is 16.9. The number of hydrogen-bond donors (Lipinski definition) is 1. The Bertz CT molecular complexity index is 1230. The Morgan fingerprint density at radius 1 is 1.16 bits per heavy atom. The fourth-order valence-corrected chi connectivity index (χ4v) is 3.11. The van der Waals surface area contributed by atoms with Gasteiger partial charge in [0.05, 0.1) is 12.8 Å². The minimum Gasteiger partial charge on any atom is -0.496 e. The molecule has 0 saturated carbocycles. The van der Waals surface area contributed by atoms with Crippen molar-refractivity contribution in [3.05, 3.63) is 69.0 Å². The average Bonchev–Trinajstić information content (AvgIpc) is 2.77. The Morgan fingerprint density at radius 2 is 1.84 bits per heavy atom. The van der Waals surface area contributed by atoms with E-state index in [1.54, 1.807) is 12.3 Å². The van der Waals surface area contributed by atoms with Gasteiger partial charge in [0.1, 0.15) is 24.0 Å². The summed E-state index contributed by atoms with van der Waals surface area (Å²) in [5.41, 5.74) is -0.249. The Balaban J connectivity index is 2.05. The van der Waals surface area contributed by atoms with E-state index in [0.717, 1.165) is 11.8 Å². The van der Waals surface area contributed by atoms with Crippen LogP contribution >= 0.6 is 11.8 Å². The molecule has 3 aromatic rings. The van der Waals surface area contributed by atoms with E-state index in [2.05, 4.69) is 9.97 Å². The van der Waals surface area contributed by atoms with Gasteiger partial charge in [0.15, 0.2) is 22.5 Å². The predicted molar refractivity (Wildman–Crippen MR) is 104 cm³/mol. The molecule has 0 unspecified atom stereocenters. The van der Waals surface area contributed by atoms with E-state index in [4.69, 9.17) is 9.47 Å². The normalized spacial score (nSPS) is 10.6. The molecule has 0 aliphatic rings. The second-order valence-electron chi connectivity index (χ2n) is 6.02. The number of rotatable bonds is 6. The second-order valence-corrected chi connectivity index (χ2v) is 6.82. The molecule has 3 rings (SSSR count). The van der Waals surface area contributed by atoms with Crippen LogP contribution in [0.4, 0.5) is 17.6 Å². The number of methoxy groups -OCH3 is 1. The van der Waals surface area contributed by atoms with Gasteiger partial charge >= 0.3 is 0 Å². The smallest absolute Gasteiger partial charge is 0.270 e. The molecule has 1 heterocycles. The number of nitrogens with zero attached hydrogens (tertiary/aromatic N) is 2. The molecule has 0 bridgehead atoms. The number of halogens is 4. The van der Waals surface area contributed by atoms with Crippen LogP contribution in [0.3, 0.4) is 0 Å². The molecule has 1 aromatic heterocycles. The molecule has 0 aliphatic heterocycles. The van der Waals surface area contributed by atoms with Gasteiger partial charge < -0.3 is 14.5 Å². The molecular formula is C20H13F4N3O3S. The Hall–Kier alpha value is -3.52. The molecule has 31 heavy (non-hydrogen) atoms. The van der Waals surface area contributed by atoms with Gasteiger partial charge in [-0.25, -0.2) is 13.8 Å². The Morgan fingerprint density at radius 3 is 2.42 bits per heavy atom. The van der Waals surface area contributed by atoms with E-state index in [1.807, 2.05) is 0 Å². The standard InChI is InChI=1S/C20H13F4N3O3S/c1-29-14-4-3-9(17-11(7-25)19(28)27-20(26-17)31-2)5-10(14)8-30-18-15(23)12(21)6-13(22)16(18)24/h3-6H,8H2,1-2H3,(H,26,27,28). The number of nitrogens with one attached hydrogen (secondary N) is 1. The third-order valence-corrected chi connectivity index (χ3v) is 4.78. The first-order valence-corrected chi connectivity index (χ1v) is 9.74. The highest BCUT2D eigenvalue weighted by molar-refractivity contribution is 7.98. The first-order chi connectivity index (χ1) is 14.8. The van der Waals surface area contributed by atoms with E-state index >= 15 is 0 Å². The Kier molecular flexibility index (Phi) is 6.50. The van der Waals surface area contributed by atoms with Crippen LogP contribution in [-0.4, -0.2) is 23.3 Å². The molecule has 1 N–H and O–H groups in total. The minimum atomic E-state index is -1.68. The van der Waals surface area contributed by atoms with Gasteiger partial charge in [-0.1, -0.05) is 11.8 Å². The van der Waals surface area contributed by atoms with E-state index in [1.165, 1.54) is 25.3 Å². The van der Waals surface area contributed by atoms with Crippen molar-refractivity contribution in [1.82, 2.24) is 9.97 Å². The van der Waals surface area contributed by atoms with E-state index < -0.39 is 41.2 Å². The van der Waals surface area contributed by atoms with Gasteiger partial charge in [-0.15, -0.1) is 0 Å².